The SMILES string of the molecule is N#Cc1cc(-c2cc(NC3CCN(S(=O)(=O)C4CC4)CC3)c3cnccc3c2)ccn1. The number of rotatable bonds is 5. The molecule has 0 unspecified atom stereocenters. The molecule has 7 nitrogen and oxygen atoms in total. The first-order valence-electron chi connectivity index (χ1n) is 10.5. The topological polar surface area (TPSA) is 99.0 Å². The van der Waals surface area contributed by atoms with Crippen LogP contribution in [0.1, 0.15) is 31.4 Å². The van der Waals surface area contributed by atoms with E-state index in [9.17, 15) is 13.7 Å². The average molecular weight is 434 g/mol. The molecule has 158 valence electrons. The molecule has 0 atom stereocenters. The maximum absolute atomic E-state index is 12.5. The molecule has 1 saturated heterocycles. The summed E-state index contributed by atoms with van der Waals surface area (Å²) in [5, 5.41) is 14.8. The van der Waals surface area contributed by atoms with Gasteiger partial charge in [0, 0.05) is 48.8 Å². The van der Waals surface area contributed by atoms with Crippen molar-refractivity contribution in [2.45, 2.75) is 37.0 Å². The van der Waals surface area contributed by atoms with Crippen LogP contribution >= 0.6 is 0 Å². The molecule has 1 aromatic carbocycles. The van der Waals surface area contributed by atoms with Gasteiger partial charge in [0.2, 0.25) is 10.0 Å². The second-order valence-corrected chi connectivity index (χ2v) is 10.4. The van der Waals surface area contributed by atoms with Gasteiger partial charge in [-0.2, -0.15) is 5.26 Å². The lowest BCUT2D eigenvalue weighted by Gasteiger charge is -2.32. The number of piperidine rings is 1. The first kappa shape index (κ1) is 19.9. The normalized spacial score (nSPS) is 18.0. The van der Waals surface area contributed by atoms with Crippen LogP contribution in [0.4, 0.5) is 5.69 Å². The fourth-order valence-electron chi connectivity index (χ4n) is 4.21. The molecule has 1 aliphatic heterocycles. The predicted octanol–water partition coefficient (Wildman–Crippen LogP) is 3.54. The number of aromatic nitrogens is 2. The molecular formula is C23H23N5O2S. The molecular weight excluding hydrogens is 410 g/mol. The van der Waals surface area contributed by atoms with E-state index in [0.717, 1.165) is 53.3 Å². The molecule has 2 fully saturated rings. The van der Waals surface area contributed by atoms with Gasteiger partial charge in [-0.05, 0) is 72.5 Å². The molecule has 1 aliphatic carbocycles. The highest BCUT2D eigenvalue weighted by molar-refractivity contribution is 7.90. The number of fused-ring (bicyclic) bond motifs is 1. The van der Waals surface area contributed by atoms with E-state index in [-0.39, 0.29) is 11.3 Å². The van der Waals surface area contributed by atoms with E-state index in [1.807, 2.05) is 18.3 Å². The first-order valence-corrected chi connectivity index (χ1v) is 12.0. The van der Waals surface area contributed by atoms with E-state index in [2.05, 4.69) is 33.5 Å². The second-order valence-electron chi connectivity index (χ2n) is 8.22. The molecule has 31 heavy (non-hydrogen) atoms. The van der Waals surface area contributed by atoms with Gasteiger partial charge in [0.1, 0.15) is 11.8 Å². The summed E-state index contributed by atoms with van der Waals surface area (Å²) in [5.74, 6) is 0. The van der Waals surface area contributed by atoms with E-state index < -0.39 is 10.0 Å². The second kappa shape index (κ2) is 7.91. The number of nitrogens with zero attached hydrogens (tertiary/aromatic N) is 4. The van der Waals surface area contributed by atoms with Crippen molar-refractivity contribution in [1.29, 1.82) is 5.26 Å². The molecule has 2 aliphatic rings. The molecule has 8 heteroatoms. The quantitative estimate of drug-likeness (QED) is 0.661. The van der Waals surface area contributed by atoms with Crippen LogP contribution in [0.3, 0.4) is 0 Å². The van der Waals surface area contributed by atoms with Crippen LogP contribution in [0.15, 0.2) is 48.9 Å². The number of nitrogens with one attached hydrogen (secondary N) is 1. The Labute approximate surface area is 181 Å². The van der Waals surface area contributed by atoms with Gasteiger partial charge in [0.05, 0.1) is 5.25 Å². The lowest BCUT2D eigenvalue weighted by Crippen LogP contribution is -2.43. The van der Waals surface area contributed by atoms with Gasteiger partial charge in [-0.15, -0.1) is 0 Å². The van der Waals surface area contributed by atoms with Crippen LogP contribution in [-0.2, 0) is 10.0 Å². The molecule has 0 spiro atoms. The Balaban J connectivity index is 1.41. The Morgan fingerprint density at radius 1 is 1.03 bits per heavy atom. The molecule has 5 rings (SSSR count). The lowest BCUT2D eigenvalue weighted by atomic mass is 9.99. The van der Waals surface area contributed by atoms with E-state index in [1.165, 1.54) is 0 Å². The number of pyridine rings is 2. The highest BCUT2D eigenvalue weighted by Gasteiger charge is 2.41. The van der Waals surface area contributed by atoms with E-state index in [4.69, 9.17) is 0 Å². The molecule has 3 heterocycles. The van der Waals surface area contributed by atoms with Crippen molar-refractivity contribution < 1.29 is 8.42 Å². The smallest absolute Gasteiger partial charge is 0.216 e. The minimum absolute atomic E-state index is 0.151. The van der Waals surface area contributed by atoms with E-state index in [1.54, 1.807) is 22.8 Å². The van der Waals surface area contributed by atoms with Crippen molar-refractivity contribution in [3.8, 4) is 17.2 Å². The number of anilines is 1. The van der Waals surface area contributed by atoms with Crippen molar-refractivity contribution in [2.24, 2.45) is 0 Å². The Morgan fingerprint density at radius 2 is 1.84 bits per heavy atom. The minimum atomic E-state index is -3.11. The minimum Gasteiger partial charge on any atom is -0.382 e. The molecule has 0 bridgehead atoms. The highest BCUT2D eigenvalue weighted by Crippen LogP contribution is 2.34. The Kier molecular flexibility index (Phi) is 5.08. The Hall–Kier alpha value is -3.02. The molecule has 0 amide bonds. The highest BCUT2D eigenvalue weighted by atomic mass is 32.2. The monoisotopic (exact) mass is 433 g/mol. The predicted molar refractivity (Wildman–Crippen MR) is 120 cm³/mol. The summed E-state index contributed by atoms with van der Waals surface area (Å²) in [5.41, 5.74) is 3.28. The van der Waals surface area contributed by atoms with Crippen LogP contribution in [0.25, 0.3) is 21.9 Å². The third-order valence-electron chi connectivity index (χ3n) is 6.08. The largest absolute Gasteiger partial charge is 0.382 e. The Bertz CT molecular complexity index is 1270. The fraction of sp³-hybridized carbons (Fsp3) is 0.348. The fourth-order valence-corrected chi connectivity index (χ4v) is 6.08. The van der Waals surface area contributed by atoms with Crippen molar-refractivity contribution in [3.63, 3.8) is 0 Å². The standard InChI is InChI=1S/C23H23N5O2S/c24-14-20-12-16(4-8-26-20)18-11-17-3-7-25-15-22(17)23(13-18)27-19-5-9-28(10-6-19)31(29,30)21-1-2-21/h3-4,7-8,11-13,15,19,21,27H,1-2,5-6,9-10H2. The summed E-state index contributed by atoms with van der Waals surface area (Å²) in [6, 6.07) is 12.1. The third-order valence-corrected chi connectivity index (χ3v) is 8.48. The van der Waals surface area contributed by atoms with Gasteiger partial charge < -0.3 is 5.32 Å². The third kappa shape index (κ3) is 3.99. The molecule has 2 aromatic heterocycles. The summed E-state index contributed by atoms with van der Waals surface area (Å²) in [6.07, 6.45) is 8.40. The van der Waals surface area contributed by atoms with Crippen molar-refractivity contribution in [2.75, 3.05) is 18.4 Å². The van der Waals surface area contributed by atoms with Crippen LogP contribution < -0.4 is 5.32 Å². The van der Waals surface area contributed by atoms with Gasteiger partial charge in [-0.25, -0.2) is 17.7 Å². The van der Waals surface area contributed by atoms with Crippen LogP contribution in [-0.4, -0.2) is 47.1 Å². The van der Waals surface area contributed by atoms with Crippen molar-refractivity contribution >= 4 is 26.5 Å². The summed E-state index contributed by atoms with van der Waals surface area (Å²) < 4.78 is 26.7. The molecule has 3 aromatic rings. The van der Waals surface area contributed by atoms with Gasteiger partial charge in [-0.1, -0.05) is 0 Å². The van der Waals surface area contributed by atoms with Crippen molar-refractivity contribution in [3.05, 3.63) is 54.6 Å². The van der Waals surface area contributed by atoms with Gasteiger partial charge in [-0.3, -0.25) is 4.98 Å². The van der Waals surface area contributed by atoms with Gasteiger partial charge >= 0.3 is 0 Å². The Morgan fingerprint density at radius 3 is 2.58 bits per heavy atom. The number of hydrogen-bond donors (Lipinski definition) is 1. The van der Waals surface area contributed by atoms with Crippen LogP contribution in [0.5, 0.6) is 0 Å². The van der Waals surface area contributed by atoms with Gasteiger partial charge in [0.25, 0.3) is 0 Å². The molecule has 1 N–H and O–H groups in total. The van der Waals surface area contributed by atoms with Crippen molar-refractivity contribution in [1.82, 2.24) is 14.3 Å². The van der Waals surface area contributed by atoms with E-state index in [0.29, 0.717) is 18.8 Å². The molecule has 0 radical (unpaired) electrons. The summed E-state index contributed by atoms with van der Waals surface area (Å²) in [4.78, 5) is 8.35. The summed E-state index contributed by atoms with van der Waals surface area (Å²) in [6.45, 7) is 1.12. The van der Waals surface area contributed by atoms with E-state index >= 15 is 0 Å². The first-order chi connectivity index (χ1) is 15.0. The zero-order valence-corrected chi connectivity index (χ0v) is 17.8. The number of benzene rings is 1. The summed E-state index contributed by atoms with van der Waals surface area (Å²) >= 11 is 0. The van der Waals surface area contributed by atoms with Crippen LogP contribution in [0.2, 0.25) is 0 Å². The maximum atomic E-state index is 12.5. The number of nitriles is 1. The maximum Gasteiger partial charge on any atom is 0.216 e. The number of hydrogen-bond acceptors (Lipinski definition) is 6. The van der Waals surface area contributed by atoms with Gasteiger partial charge in [0.15, 0.2) is 0 Å². The average Bonchev–Trinajstić information content (AvgIpc) is 3.66. The lowest BCUT2D eigenvalue weighted by molar-refractivity contribution is 0.329. The molecule has 1 saturated carbocycles. The zero-order chi connectivity index (χ0) is 21.4. The zero-order valence-electron chi connectivity index (χ0n) is 17.0. The summed E-state index contributed by atoms with van der Waals surface area (Å²) in [7, 11) is -3.11. The number of sulfonamides is 1. The van der Waals surface area contributed by atoms with Crippen LogP contribution in [0, 0.1) is 11.3 Å².